The van der Waals surface area contributed by atoms with Crippen molar-refractivity contribution in [2.75, 3.05) is 4.90 Å². The van der Waals surface area contributed by atoms with Gasteiger partial charge < -0.3 is 4.90 Å². The molecule has 3 aliphatic carbocycles. The van der Waals surface area contributed by atoms with E-state index in [0.29, 0.717) is 0 Å². The largest absolute Gasteiger partial charge is 0.310 e. The van der Waals surface area contributed by atoms with Crippen LogP contribution >= 0.6 is 0 Å². The summed E-state index contributed by atoms with van der Waals surface area (Å²) in [4.78, 5) is 2.58. The Hall–Kier alpha value is -4.10. The fourth-order valence-corrected chi connectivity index (χ4v) is 9.81. The Bertz CT molecular complexity index is 2140. The van der Waals surface area contributed by atoms with Crippen molar-refractivity contribution in [1.29, 1.82) is 0 Å². The summed E-state index contributed by atoms with van der Waals surface area (Å²) in [6.07, 6.45) is 4.79. The molecule has 8 rings (SSSR count). The molecule has 3 aliphatic rings. The van der Waals surface area contributed by atoms with E-state index in [0.717, 1.165) is 0 Å². The molecule has 0 N–H and O–H groups in total. The molecule has 0 radical (unpaired) electrons. The molecule has 0 bridgehead atoms. The maximum Gasteiger partial charge on any atom is 0.0543 e. The Morgan fingerprint density at radius 2 is 0.960 bits per heavy atom. The van der Waals surface area contributed by atoms with Crippen LogP contribution in [0.25, 0.3) is 22.3 Å². The van der Waals surface area contributed by atoms with Crippen LogP contribution in [0.4, 0.5) is 17.1 Å². The van der Waals surface area contributed by atoms with Gasteiger partial charge in [0, 0.05) is 22.4 Å². The maximum atomic E-state index is 2.58. The number of anilines is 3. The fourth-order valence-electron chi connectivity index (χ4n) is 9.81. The molecular weight excluding hydrogens is 603 g/mol. The first-order valence-electron chi connectivity index (χ1n) is 19.0. The number of hydrogen-bond acceptors (Lipinski definition) is 1. The topological polar surface area (TPSA) is 3.24 Å². The highest BCUT2D eigenvalue weighted by molar-refractivity contribution is 5.96. The van der Waals surface area contributed by atoms with Crippen LogP contribution in [-0.2, 0) is 27.1 Å². The predicted octanol–water partition coefficient (Wildman–Crippen LogP) is 13.8. The maximum absolute atomic E-state index is 2.58. The molecular formula is C49H55N. The summed E-state index contributed by atoms with van der Waals surface area (Å²) < 4.78 is 0. The van der Waals surface area contributed by atoms with Gasteiger partial charge in [0.15, 0.2) is 0 Å². The molecule has 5 aromatic rings. The van der Waals surface area contributed by atoms with E-state index >= 15 is 0 Å². The van der Waals surface area contributed by atoms with Gasteiger partial charge in [-0.2, -0.15) is 0 Å². The third kappa shape index (κ3) is 4.94. The number of nitrogens with zero attached hydrogens (tertiary/aromatic N) is 1. The Balaban J connectivity index is 1.48. The molecule has 1 heteroatoms. The Morgan fingerprint density at radius 1 is 0.380 bits per heavy atom. The summed E-state index contributed by atoms with van der Waals surface area (Å²) in [7, 11) is 0. The molecule has 0 saturated heterocycles. The monoisotopic (exact) mass is 657 g/mol. The minimum atomic E-state index is -0.110. The van der Waals surface area contributed by atoms with E-state index in [-0.39, 0.29) is 27.1 Å². The van der Waals surface area contributed by atoms with Crippen LogP contribution in [0.3, 0.4) is 0 Å². The summed E-state index contributed by atoms with van der Waals surface area (Å²) in [5, 5.41) is 0. The Kier molecular flexibility index (Phi) is 7.24. The molecule has 0 aromatic heterocycles. The van der Waals surface area contributed by atoms with Crippen molar-refractivity contribution in [1.82, 2.24) is 0 Å². The number of fused-ring (bicyclic) bond motifs is 5. The van der Waals surface area contributed by atoms with Crippen LogP contribution in [0, 0.1) is 0 Å². The van der Waals surface area contributed by atoms with Gasteiger partial charge in [0.2, 0.25) is 0 Å². The summed E-state index contributed by atoms with van der Waals surface area (Å²) in [6, 6.07) is 39.9. The zero-order valence-electron chi connectivity index (χ0n) is 32.1. The van der Waals surface area contributed by atoms with Gasteiger partial charge >= 0.3 is 0 Å². The average Bonchev–Trinajstić information content (AvgIpc) is 3.31. The van der Waals surface area contributed by atoms with Crippen molar-refractivity contribution in [3.63, 3.8) is 0 Å². The van der Waals surface area contributed by atoms with Gasteiger partial charge in [0.05, 0.1) is 5.69 Å². The average molecular weight is 658 g/mol. The van der Waals surface area contributed by atoms with Crippen LogP contribution in [0.5, 0.6) is 0 Å². The SMILES string of the molecule is CC1(C)CCC(C)(C)c2cc(N(c3ccccc3)c3cc4c(cc3-c3cccc5c3C(C)(C)CCC5(C)C)-c3ccccc3C4(C)C)ccc21. The minimum absolute atomic E-state index is 0.0634. The van der Waals surface area contributed by atoms with Gasteiger partial charge in [-0.3, -0.25) is 0 Å². The summed E-state index contributed by atoms with van der Waals surface area (Å²) in [6.45, 7) is 24.4. The van der Waals surface area contributed by atoms with Gasteiger partial charge in [-0.1, -0.05) is 136 Å². The minimum Gasteiger partial charge on any atom is -0.310 e. The molecule has 0 aliphatic heterocycles. The van der Waals surface area contributed by atoms with E-state index in [1.807, 2.05) is 0 Å². The number of benzene rings is 5. The molecule has 256 valence electrons. The number of para-hydroxylation sites is 1. The quantitative estimate of drug-likeness (QED) is 0.186. The van der Waals surface area contributed by atoms with Crippen molar-refractivity contribution in [2.45, 2.75) is 122 Å². The van der Waals surface area contributed by atoms with E-state index in [4.69, 9.17) is 0 Å². The first-order chi connectivity index (χ1) is 23.5. The molecule has 1 nitrogen and oxygen atoms in total. The molecule has 0 saturated carbocycles. The summed E-state index contributed by atoms with van der Waals surface area (Å²) in [5.74, 6) is 0. The second-order valence-electron chi connectivity index (χ2n) is 18.8. The molecule has 0 atom stereocenters. The molecule has 50 heavy (non-hydrogen) atoms. The molecule has 0 fully saturated rings. The van der Waals surface area contributed by atoms with E-state index in [2.05, 4.69) is 177 Å². The first-order valence-corrected chi connectivity index (χ1v) is 19.0. The standard InChI is InChI=1S/C49H55N/c1-45(2)25-26-47(5,6)42-29-33(23-24-39(42)45)50(32-17-12-11-13-18-32)43-31-41-36(34-19-14-15-21-38(34)49(41,9)10)30-37(43)35-20-16-22-40-44(35)48(7,8)28-27-46(40,3)4/h11-24,29-31H,25-28H2,1-10H3. The van der Waals surface area contributed by atoms with Crippen LogP contribution in [-0.4, -0.2) is 0 Å². The normalized spacial score (nSPS) is 19.9. The lowest BCUT2D eigenvalue weighted by molar-refractivity contribution is 0.332. The van der Waals surface area contributed by atoms with Crippen LogP contribution < -0.4 is 4.90 Å². The molecule has 5 aromatic carbocycles. The smallest absolute Gasteiger partial charge is 0.0543 e. The molecule has 0 spiro atoms. The zero-order chi connectivity index (χ0) is 35.4. The lowest BCUT2D eigenvalue weighted by Crippen LogP contribution is -2.34. The molecule has 0 amide bonds. The van der Waals surface area contributed by atoms with Crippen molar-refractivity contribution < 1.29 is 0 Å². The van der Waals surface area contributed by atoms with Crippen LogP contribution in [0.15, 0.2) is 103 Å². The zero-order valence-corrected chi connectivity index (χ0v) is 32.1. The van der Waals surface area contributed by atoms with Crippen molar-refractivity contribution in [3.05, 3.63) is 137 Å². The van der Waals surface area contributed by atoms with E-state index < -0.39 is 0 Å². The van der Waals surface area contributed by atoms with Crippen molar-refractivity contribution in [2.24, 2.45) is 0 Å². The Morgan fingerprint density at radius 3 is 1.68 bits per heavy atom. The van der Waals surface area contributed by atoms with Gasteiger partial charge in [0.1, 0.15) is 0 Å². The predicted molar refractivity (Wildman–Crippen MR) is 215 cm³/mol. The summed E-state index contributed by atoms with van der Waals surface area (Å²) >= 11 is 0. The lowest BCUT2D eigenvalue weighted by Gasteiger charge is -2.44. The van der Waals surface area contributed by atoms with Gasteiger partial charge in [-0.15, -0.1) is 0 Å². The third-order valence-electron chi connectivity index (χ3n) is 13.2. The Labute approximate surface area is 301 Å². The second kappa shape index (κ2) is 10.9. The highest BCUT2D eigenvalue weighted by Crippen LogP contribution is 2.57. The van der Waals surface area contributed by atoms with Crippen molar-refractivity contribution in [3.8, 4) is 22.3 Å². The first kappa shape index (κ1) is 33.1. The second-order valence-corrected chi connectivity index (χ2v) is 18.8. The highest BCUT2D eigenvalue weighted by atomic mass is 15.1. The molecule has 0 heterocycles. The van der Waals surface area contributed by atoms with E-state index in [9.17, 15) is 0 Å². The van der Waals surface area contributed by atoms with Crippen LogP contribution in [0.2, 0.25) is 0 Å². The van der Waals surface area contributed by atoms with Gasteiger partial charge in [-0.25, -0.2) is 0 Å². The van der Waals surface area contributed by atoms with E-state index in [1.165, 1.54) is 98.4 Å². The van der Waals surface area contributed by atoms with Gasteiger partial charge in [-0.05, 0) is 134 Å². The van der Waals surface area contributed by atoms with Gasteiger partial charge in [0.25, 0.3) is 0 Å². The number of rotatable bonds is 4. The highest BCUT2D eigenvalue weighted by Gasteiger charge is 2.42. The van der Waals surface area contributed by atoms with E-state index in [1.54, 1.807) is 0 Å². The fraction of sp³-hybridized carbons (Fsp3) is 0.388. The number of hydrogen-bond donors (Lipinski definition) is 0. The molecule has 0 unspecified atom stereocenters. The lowest BCUT2D eigenvalue weighted by atomic mass is 9.61. The van der Waals surface area contributed by atoms with Crippen molar-refractivity contribution >= 4 is 17.1 Å². The van der Waals surface area contributed by atoms with Crippen LogP contribution in [0.1, 0.15) is 128 Å². The summed E-state index contributed by atoms with van der Waals surface area (Å²) in [5.41, 5.74) is 18.3. The third-order valence-corrected chi connectivity index (χ3v) is 13.2.